The number of hydrogen-bond acceptors (Lipinski definition) is 4. The molecule has 0 spiro atoms. The quantitative estimate of drug-likeness (QED) is 0.314. The molecule has 0 bridgehead atoms. The largest absolute Gasteiger partial charge is 0.490 e. The smallest absolute Gasteiger partial charge is 0.195 e. The Hall–Kier alpha value is -1.71. The minimum absolute atomic E-state index is 0. The third-order valence-electron chi connectivity index (χ3n) is 4.03. The molecule has 0 radical (unpaired) electrons. The van der Waals surface area contributed by atoms with Gasteiger partial charge < -0.3 is 25.2 Å². The van der Waals surface area contributed by atoms with Gasteiger partial charge in [-0.15, -0.1) is 24.0 Å². The number of nitrogens with zero attached hydrogens (tertiary/aromatic N) is 1. The summed E-state index contributed by atoms with van der Waals surface area (Å²) >= 11 is 5.89. The van der Waals surface area contributed by atoms with Gasteiger partial charge in [0.1, 0.15) is 0 Å². The summed E-state index contributed by atoms with van der Waals surface area (Å²) < 4.78 is 11.4. The fraction of sp³-hybridized carbons (Fsp3) is 0.350. The standard InChI is InChI=1S/C20H24ClN3O3.HI/c1-2-22-20(23-13-17(25)14-4-6-15(21)7-5-14)24-16-8-9-18-19(12-16)27-11-3-10-26-18;/h4-9,12,17,25H,2-3,10-11,13H2,1H3,(H2,22,23,24);1H. The van der Waals surface area contributed by atoms with Crippen molar-refractivity contribution < 1.29 is 14.6 Å². The van der Waals surface area contributed by atoms with Gasteiger partial charge in [-0.25, -0.2) is 4.99 Å². The highest BCUT2D eigenvalue weighted by molar-refractivity contribution is 14.0. The van der Waals surface area contributed by atoms with Gasteiger partial charge in [-0.1, -0.05) is 23.7 Å². The van der Waals surface area contributed by atoms with Gasteiger partial charge in [0.25, 0.3) is 0 Å². The molecule has 0 aromatic heterocycles. The number of benzene rings is 2. The van der Waals surface area contributed by atoms with Crippen LogP contribution < -0.4 is 20.1 Å². The molecule has 28 heavy (non-hydrogen) atoms. The molecule has 0 saturated heterocycles. The zero-order valence-electron chi connectivity index (χ0n) is 15.7. The van der Waals surface area contributed by atoms with Crippen molar-refractivity contribution in [1.29, 1.82) is 0 Å². The van der Waals surface area contributed by atoms with Gasteiger partial charge in [0, 0.05) is 29.7 Å². The lowest BCUT2D eigenvalue weighted by Crippen LogP contribution is -2.31. The highest BCUT2D eigenvalue weighted by atomic mass is 127. The summed E-state index contributed by atoms with van der Waals surface area (Å²) in [5, 5.41) is 17.4. The average molecular weight is 518 g/mol. The van der Waals surface area contributed by atoms with E-state index in [1.807, 2.05) is 25.1 Å². The minimum atomic E-state index is -0.707. The molecule has 8 heteroatoms. The number of rotatable bonds is 5. The Morgan fingerprint density at radius 2 is 1.86 bits per heavy atom. The molecule has 0 aliphatic carbocycles. The SMILES string of the molecule is CCNC(=NCC(O)c1ccc(Cl)cc1)Nc1ccc2c(c1)OCCCO2.I. The van der Waals surface area contributed by atoms with Gasteiger partial charge in [-0.2, -0.15) is 0 Å². The van der Waals surface area contributed by atoms with Crippen molar-refractivity contribution in [2.24, 2.45) is 4.99 Å². The number of aliphatic hydroxyl groups is 1. The molecule has 6 nitrogen and oxygen atoms in total. The third-order valence-corrected chi connectivity index (χ3v) is 4.28. The highest BCUT2D eigenvalue weighted by Gasteiger charge is 2.12. The summed E-state index contributed by atoms with van der Waals surface area (Å²) in [6, 6.07) is 12.8. The summed E-state index contributed by atoms with van der Waals surface area (Å²) in [5.41, 5.74) is 1.61. The van der Waals surface area contributed by atoms with Crippen LogP contribution in [0.25, 0.3) is 0 Å². The van der Waals surface area contributed by atoms with Crippen molar-refractivity contribution in [3.8, 4) is 11.5 Å². The highest BCUT2D eigenvalue weighted by Crippen LogP contribution is 2.32. The number of anilines is 1. The van der Waals surface area contributed by atoms with E-state index in [1.165, 1.54) is 0 Å². The molecule has 1 unspecified atom stereocenters. The molecular formula is C20H25ClIN3O3. The van der Waals surface area contributed by atoms with Crippen molar-refractivity contribution in [2.45, 2.75) is 19.4 Å². The third kappa shape index (κ3) is 6.42. The molecule has 2 aromatic carbocycles. The van der Waals surface area contributed by atoms with Crippen LogP contribution in [-0.4, -0.2) is 37.4 Å². The number of hydrogen-bond donors (Lipinski definition) is 3. The van der Waals surface area contributed by atoms with E-state index in [9.17, 15) is 5.11 Å². The van der Waals surface area contributed by atoms with E-state index in [2.05, 4.69) is 15.6 Å². The molecule has 0 fully saturated rings. The molecule has 0 amide bonds. The Bertz CT molecular complexity index is 787. The number of ether oxygens (including phenoxy) is 2. The van der Waals surface area contributed by atoms with E-state index in [1.54, 1.807) is 24.3 Å². The predicted octanol–water partition coefficient (Wildman–Crippen LogP) is 4.23. The zero-order valence-corrected chi connectivity index (χ0v) is 18.7. The second kappa shape index (κ2) is 11.3. The number of halogens is 2. The van der Waals surface area contributed by atoms with Crippen LogP contribution in [0.1, 0.15) is 25.0 Å². The van der Waals surface area contributed by atoms with E-state index >= 15 is 0 Å². The van der Waals surface area contributed by atoms with E-state index in [4.69, 9.17) is 21.1 Å². The summed E-state index contributed by atoms with van der Waals surface area (Å²) in [6.07, 6.45) is 0.158. The van der Waals surface area contributed by atoms with Crippen LogP contribution in [-0.2, 0) is 0 Å². The number of fused-ring (bicyclic) bond motifs is 1. The summed E-state index contributed by atoms with van der Waals surface area (Å²) in [7, 11) is 0. The maximum Gasteiger partial charge on any atom is 0.195 e. The van der Waals surface area contributed by atoms with E-state index < -0.39 is 6.10 Å². The first kappa shape index (κ1) is 22.6. The maximum atomic E-state index is 10.3. The van der Waals surface area contributed by atoms with Crippen molar-refractivity contribution >= 4 is 47.2 Å². The fourth-order valence-corrected chi connectivity index (χ4v) is 2.78. The van der Waals surface area contributed by atoms with E-state index in [0.29, 0.717) is 30.7 Å². The maximum absolute atomic E-state index is 10.3. The monoisotopic (exact) mass is 517 g/mol. The second-order valence-corrected chi connectivity index (χ2v) is 6.56. The number of aliphatic imine (C=N–C) groups is 1. The summed E-state index contributed by atoms with van der Waals surface area (Å²) in [4.78, 5) is 4.48. The summed E-state index contributed by atoms with van der Waals surface area (Å²) in [6.45, 7) is 4.21. The Morgan fingerprint density at radius 3 is 2.57 bits per heavy atom. The van der Waals surface area contributed by atoms with Gasteiger partial charge in [0.2, 0.25) is 0 Å². The lowest BCUT2D eigenvalue weighted by molar-refractivity contribution is 0.187. The lowest BCUT2D eigenvalue weighted by atomic mass is 10.1. The minimum Gasteiger partial charge on any atom is -0.490 e. The van der Waals surface area contributed by atoms with Crippen LogP contribution >= 0.6 is 35.6 Å². The number of nitrogens with one attached hydrogen (secondary N) is 2. The Kier molecular flexibility index (Phi) is 9.14. The molecule has 1 atom stereocenters. The lowest BCUT2D eigenvalue weighted by Gasteiger charge is -2.15. The molecule has 3 rings (SSSR count). The topological polar surface area (TPSA) is 75.1 Å². The van der Waals surface area contributed by atoms with Crippen LogP contribution in [0.5, 0.6) is 11.5 Å². The molecular weight excluding hydrogens is 493 g/mol. The molecule has 152 valence electrons. The first-order chi connectivity index (χ1) is 13.2. The van der Waals surface area contributed by atoms with Crippen LogP contribution in [0.2, 0.25) is 5.02 Å². The van der Waals surface area contributed by atoms with Gasteiger partial charge >= 0.3 is 0 Å². The molecule has 0 saturated carbocycles. The second-order valence-electron chi connectivity index (χ2n) is 6.12. The van der Waals surface area contributed by atoms with Gasteiger partial charge in [0.15, 0.2) is 17.5 Å². The van der Waals surface area contributed by atoms with Crippen molar-refractivity contribution in [2.75, 3.05) is 31.6 Å². The number of aliphatic hydroxyl groups excluding tert-OH is 1. The van der Waals surface area contributed by atoms with Gasteiger partial charge in [0.05, 0.1) is 25.9 Å². The Labute approximate surface area is 187 Å². The molecule has 1 aliphatic rings. The molecule has 2 aromatic rings. The average Bonchev–Trinajstić information content (AvgIpc) is 2.91. The fourth-order valence-electron chi connectivity index (χ4n) is 2.65. The van der Waals surface area contributed by atoms with Crippen LogP contribution in [0.4, 0.5) is 5.69 Å². The first-order valence-corrected chi connectivity index (χ1v) is 9.42. The van der Waals surface area contributed by atoms with Crippen LogP contribution in [0.3, 0.4) is 0 Å². The van der Waals surface area contributed by atoms with Gasteiger partial charge in [-0.05, 0) is 36.8 Å². The van der Waals surface area contributed by atoms with E-state index in [0.717, 1.165) is 29.2 Å². The van der Waals surface area contributed by atoms with Crippen molar-refractivity contribution in [1.82, 2.24) is 5.32 Å². The van der Waals surface area contributed by atoms with Gasteiger partial charge in [-0.3, -0.25) is 0 Å². The van der Waals surface area contributed by atoms with Crippen molar-refractivity contribution in [3.05, 3.63) is 53.1 Å². The molecule has 3 N–H and O–H groups in total. The number of guanidine groups is 1. The normalized spacial score (nSPS) is 14.5. The molecule has 1 heterocycles. The first-order valence-electron chi connectivity index (χ1n) is 9.04. The Morgan fingerprint density at radius 1 is 1.14 bits per heavy atom. The summed E-state index contributed by atoms with van der Waals surface area (Å²) in [5.74, 6) is 2.05. The van der Waals surface area contributed by atoms with Crippen molar-refractivity contribution in [3.63, 3.8) is 0 Å². The molecule has 1 aliphatic heterocycles. The Balaban J connectivity index is 0.00000280. The van der Waals surface area contributed by atoms with Crippen LogP contribution in [0, 0.1) is 0 Å². The van der Waals surface area contributed by atoms with E-state index in [-0.39, 0.29) is 30.5 Å². The zero-order chi connectivity index (χ0) is 19.1. The van der Waals surface area contributed by atoms with Crippen LogP contribution in [0.15, 0.2) is 47.5 Å². The predicted molar refractivity (Wildman–Crippen MR) is 123 cm³/mol.